The van der Waals surface area contributed by atoms with Crippen molar-refractivity contribution in [2.24, 2.45) is 0 Å². The minimum Gasteiger partial charge on any atom is -0.467 e. The van der Waals surface area contributed by atoms with E-state index < -0.39 is 12.1 Å². The summed E-state index contributed by atoms with van der Waals surface area (Å²) in [7, 11) is 1.14. The number of carbonyl (C=O) groups is 2. The fourth-order valence-corrected chi connectivity index (χ4v) is 1.88. The quantitative estimate of drug-likeness (QED) is 0.655. The molecular formula is C11H9ClO6. The van der Waals surface area contributed by atoms with E-state index in [0.717, 1.165) is 7.11 Å². The van der Waals surface area contributed by atoms with Gasteiger partial charge in [0.2, 0.25) is 6.79 Å². The SMILES string of the molecule is COC(=O)C(O)c1cc(Cl)c(C=O)c2c1OCO2. The van der Waals surface area contributed by atoms with Gasteiger partial charge in [0.1, 0.15) is 0 Å². The molecule has 2 rings (SSSR count). The summed E-state index contributed by atoms with van der Waals surface area (Å²) in [5.74, 6) is -0.613. The van der Waals surface area contributed by atoms with E-state index in [1.807, 2.05) is 0 Å². The van der Waals surface area contributed by atoms with Crippen molar-refractivity contribution in [3.8, 4) is 11.5 Å². The molecular weight excluding hydrogens is 264 g/mol. The van der Waals surface area contributed by atoms with E-state index in [0.29, 0.717) is 6.29 Å². The number of fused-ring (bicyclic) bond motifs is 1. The van der Waals surface area contributed by atoms with Crippen LogP contribution in [0.4, 0.5) is 0 Å². The lowest BCUT2D eigenvalue weighted by Gasteiger charge is -2.12. The van der Waals surface area contributed by atoms with Crippen molar-refractivity contribution in [2.45, 2.75) is 6.10 Å². The van der Waals surface area contributed by atoms with Gasteiger partial charge in [0, 0.05) is 5.56 Å². The molecule has 1 N–H and O–H groups in total. The highest BCUT2D eigenvalue weighted by molar-refractivity contribution is 6.33. The fourth-order valence-electron chi connectivity index (χ4n) is 1.63. The van der Waals surface area contributed by atoms with E-state index in [1.54, 1.807) is 0 Å². The summed E-state index contributed by atoms with van der Waals surface area (Å²) in [6.45, 7) is -0.114. The Bertz CT molecular complexity index is 513. The molecule has 0 saturated heterocycles. The molecule has 0 spiro atoms. The summed E-state index contributed by atoms with van der Waals surface area (Å²) in [4.78, 5) is 22.2. The van der Waals surface area contributed by atoms with Crippen molar-refractivity contribution in [3.05, 3.63) is 22.2 Å². The van der Waals surface area contributed by atoms with Crippen molar-refractivity contribution in [2.75, 3.05) is 13.9 Å². The van der Waals surface area contributed by atoms with E-state index in [2.05, 4.69) is 4.74 Å². The lowest BCUT2D eigenvalue weighted by Crippen LogP contribution is -2.14. The summed E-state index contributed by atoms with van der Waals surface area (Å²) in [6.07, 6.45) is -1.03. The Balaban J connectivity index is 2.57. The highest BCUT2D eigenvalue weighted by Gasteiger charge is 2.31. The minimum atomic E-state index is -1.55. The van der Waals surface area contributed by atoms with Crippen LogP contribution in [0.2, 0.25) is 5.02 Å². The van der Waals surface area contributed by atoms with Crippen LogP contribution in [0.1, 0.15) is 22.0 Å². The summed E-state index contributed by atoms with van der Waals surface area (Å²) in [5, 5.41) is 9.85. The lowest BCUT2D eigenvalue weighted by molar-refractivity contribution is -0.150. The molecule has 0 fully saturated rings. The van der Waals surface area contributed by atoms with Crippen LogP contribution < -0.4 is 9.47 Å². The Morgan fingerprint density at radius 2 is 2.22 bits per heavy atom. The van der Waals surface area contributed by atoms with E-state index in [9.17, 15) is 14.7 Å². The Morgan fingerprint density at radius 1 is 1.56 bits per heavy atom. The number of benzene rings is 1. The molecule has 0 aliphatic carbocycles. The molecule has 0 bridgehead atoms. The Morgan fingerprint density at radius 3 is 2.83 bits per heavy atom. The number of rotatable bonds is 3. The second kappa shape index (κ2) is 4.83. The fraction of sp³-hybridized carbons (Fsp3) is 0.273. The first-order valence-corrected chi connectivity index (χ1v) is 5.31. The maximum Gasteiger partial charge on any atom is 0.339 e. The third kappa shape index (κ3) is 1.89. The van der Waals surface area contributed by atoms with Gasteiger partial charge in [-0.15, -0.1) is 0 Å². The molecule has 7 heteroatoms. The standard InChI is InChI=1S/C11H9ClO6/c1-16-11(15)8(14)5-2-7(12)6(3-13)10-9(5)17-4-18-10/h2-3,8,14H,4H2,1H3. The Kier molecular flexibility index (Phi) is 3.40. The van der Waals surface area contributed by atoms with Gasteiger partial charge in [0.25, 0.3) is 0 Å². The molecule has 6 nitrogen and oxygen atoms in total. The molecule has 1 atom stereocenters. The van der Waals surface area contributed by atoms with Crippen molar-refractivity contribution in [3.63, 3.8) is 0 Å². The van der Waals surface area contributed by atoms with Crippen molar-refractivity contribution in [1.82, 2.24) is 0 Å². The lowest BCUT2D eigenvalue weighted by atomic mass is 10.0. The zero-order valence-electron chi connectivity index (χ0n) is 9.31. The first-order chi connectivity index (χ1) is 8.60. The summed E-state index contributed by atoms with van der Waals surface area (Å²) >= 11 is 5.88. The van der Waals surface area contributed by atoms with Crippen LogP contribution in [-0.4, -0.2) is 31.3 Å². The van der Waals surface area contributed by atoms with Gasteiger partial charge in [-0.05, 0) is 6.07 Å². The Labute approximate surface area is 107 Å². The molecule has 18 heavy (non-hydrogen) atoms. The molecule has 0 saturated carbocycles. The van der Waals surface area contributed by atoms with Crippen LogP contribution in [0.25, 0.3) is 0 Å². The maximum absolute atomic E-state index is 11.3. The van der Waals surface area contributed by atoms with Crippen molar-refractivity contribution >= 4 is 23.9 Å². The second-order valence-corrected chi connectivity index (χ2v) is 3.88. The largest absolute Gasteiger partial charge is 0.467 e. The van der Waals surface area contributed by atoms with E-state index in [-0.39, 0.29) is 34.4 Å². The van der Waals surface area contributed by atoms with Gasteiger partial charge in [0.05, 0.1) is 17.7 Å². The number of ether oxygens (including phenoxy) is 3. The first-order valence-electron chi connectivity index (χ1n) is 4.93. The van der Waals surface area contributed by atoms with Crippen LogP contribution in [0.3, 0.4) is 0 Å². The van der Waals surface area contributed by atoms with Gasteiger partial charge >= 0.3 is 5.97 Å². The molecule has 1 aromatic rings. The molecule has 1 aliphatic rings. The summed E-state index contributed by atoms with van der Waals surface area (Å²) < 4.78 is 14.7. The molecule has 96 valence electrons. The van der Waals surface area contributed by atoms with Crippen LogP contribution >= 0.6 is 11.6 Å². The predicted molar refractivity (Wildman–Crippen MR) is 59.9 cm³/mol. The average Bonchev–Trinajstić information content (AvgIpc) is 2.85. The van der Waals surface area contributed by atoms with E-state index in [4.69, 9.17) is 21.1 Å². The summed E-state index contributed by atoms with van der Waals surface area (Å²) in [5.41, 5.74) is 0.218. The molecule has 1 unspecified atom stereocenters. The van der Waals surface area contributed by atoms with E-state index in [1.165, 1.54) is 6.07 Å². The van der Waals surface area contributed by atoms with Crippen LogP contribution in [0.5, 0.6) is 11.5 Å². The van der Waals surface area contributed by atoms with Gasteiger partial charge < -0.3 is 19.3 Å². The van der Waals surface area contributed by atoms with Crippen LogP contribution in [0.15, 0.2) is 6.07 Å². The highest BCUT2D eigenvalue weighted by Crippen LogP contribution is 2.44. The molecule has 1 aromatic carbocycles. The van der Waals surface area contributed by atoms with E-state index >= 15 is 0 Å². The number of aldehydes is 1. The minimum absolute atomic E-state index is 0.0622. The van der Waals surface area contributed by atoms with Crippen LogP contribution in [0, 0.1) is 0 Å². The van der Waals surface area contributed by atoms with Gasteiger partial charge in [-0.25, -0.2) is 4.79 Å². The van der Waals surface area contributed by atoms with Crippen molar-refractivity contribution in [1.29, 1.82) is 0 Å². The molecule has 1 heterocycles. The van der Waals surface area contributed by atoms with Crippen molar-refractivity contribution < 1.29 is 28.9 Å². The molecule has 0 amide bonds. The number of esters is 1. The molecule has 1 aliphatic heterocycles. The average molecular weight is 273 g/mol. The topological polar surface area (TPSA) is 82.1 Å². The number of halogens is 1. The number of carbonyl (C=O) groups excluding carboxylic acids is 2. The smallest absolute Gasteiger partial charge is 0.339 e. The number of hydrogen-bond donors (Lipinski definition) is 1. The number of hydrogen-bond acceptors (Lipinski definition) is 6. The highest BCUT2D eigenvalue weighted by atomic mass is 35.5. The zero-order valence-corrected chi connectivity index (χ0v) is 10.1. The second-order valence-electron chi connectivity index (χ2n) is 3.47. The van der Waals surface area contributed by atoms with Gasteiger partial charge in [-0.3, -0.25) is 4.79 Å². The monoisotopic (exact) mass is 272 g/mol. The molecule has 0 radical (unpaired) electrons. The number of aliphatic hydroxyl groups is 1. The van der Waals surface area contributed by atoms with Crippen LogP contribution in [-0.2, 0) is 9.53 Å². The number of aliphatic hydroxyl groups excluding tert-OH is 1. The third-order valence-electron chi connectivity index (χ3n) is 2.50. The van der Waals surface area contributed by atoms with Gasteiger partial charge in [-0.2, -0.15) is 0 Å². The Hall–Kier alpha value is -1.79. The normalized spacial score (nSPS) is 14.2. The molecule has 0 aromatic heterocycles. The predicted octanol–water partition coefficient (Wildman–Crippen LogP) is 1.09. The third-order valence-corrected chi connectivity index (χ3v) is 2.81. The van der Waals surface area contributed by atoms with Gasteiger partial charge in [-0.1, -0.05) is 11.6 Å². The zero-order chi connectivity index (χ0) is 13.3. The maximum atomic E-state index is 11.3. The summed E-state index contributed by atoms with van der Waals surface area (Å²) in [6, 6.07) is 1.28. The first kappa shape index (κ1) is 12.7. The van der Waals surface area contributed by atoms with Gasteiger partial charge in [0.15, 0.2) is 23.9 Å². The number of methoxy groups -OCH3 is 1.